The highest BCUT2D eigenvalue weighted by Gasteiger charge is 1.92. The molecule has 1 aromatic heterocycles. The summed E-state index contributed by atoms with van der Waals surface area (Å²) in [5.74, 6) is -0.373. The van der Waals surface area contributed by atoms with E-state index in [0.717, 1.165) is 11.3 Å². The lowest BCUT2D eigenvalue weighted by atomic mass is 10.2. The van der Waals surface area contributed by atoms with E-state index in [1.165, 1.54) is 13.2 Å². The Labute approximate surface area is 77.1 Å². The second kappa shape index (κ2) is 4.40. The molecule has 1 heterocycles. The third kappa shape index (κ3) is 3.07. The number of carbonyl (C=O) groups excluding carboxylic acids is 1. The van der Waals surface area contributed by atoms with E-state index in [2.05, 4.69) is 9.72 Å². The highest BCUT2D eigenvalue weighted by Crippen LogP contribution is 2.00. The van der Waals surface area contributed by atoms with Crippen molar-refractivity contribution >= 4 is 12.0 Å². The van der Waals surface area contributed by atoms with Gasteiger partial charge in [-0.1, -0.05) is 6.07 Å². The van der Waals surface area contributed by atoms with Crippen LogP contribution < -0.4 is 0 Å². The Morgan fingerprint density at radius 3 is 2.85 bits per heavy atom. The van der Waals surface area contributed by atoms with Crippen molar-refractivity contribution in [3.8, 4) is 0 Å². The molecule has 0 unspecified atom stereocenters. The molecule has 0 radical (unpaired) electrons. The molecule has 0 saturated carbocycles. The first kappa shape index (κ1) is 9.45. The molecule has 1 rings (SSSR count). The summed E-state index contributed by atoms with van der Waals surface area (Å²) >= 11 is 0. The monoisotopic (exact) mass is 177 g/mol. The average Bonchev–Trinajstić information content (AvgIpc) is 2.16. The van der Waals surface area contributed by atoms with Crippen molar-refractivity contribution in [2.75, 3.05) is 7.11 Å². The Morgan fingerprint density at radius 2 is 2.31 bits per heavy atom. The Morgan fingerprint density at radius 1 is 1.54 bits per heavy atom. The fourth-order valence-electron chi connectivity index (χ4n) is 0.799. The first-order valence-corrected chi connectivity index (χ1v) is 3.91. The summed E-state index contributed by atoms with van der Waals surface area (Å²) in [6.45, 7) is 1.96. The van der Waals surface area contributed by atoms with Crippen molar-refractivity contribution in [3.05, 3.63) is 35.7 Å². The minimum Gasteiger partial charge on any atom is -0.466 e. The van der Waals surface area contributed by atoms with E-state index >= 15 is 0 Å². The third-order valence-electron chi connectivity index (χ3n) is 1.53. The smallest absolute Gasteiger partial charge is 0.330 e. The number of hydrogen-bond acceptors (Lipinski definition) is 3. The normalized spacial score (nSPS) is 10.3. The van der Waals surface area contributed by atoms with Gasteiger partial charge >= 0.3 is 5.97 Å². The first-order valence-electron chi connectivity index (χ1n) is 3.91. The van der Waals surface area contributed by atoms with Crippen LogP contribution in [0.25, 0.3) is 6.08 Å². The Bertz CT molecular complexity index is 314. The largest absolute Gasteiger partial charge is 0.466 e. The van der Waals surface area contributed by atoms with Gasteiger partial charge in [-0.3, -0.25) is 4.98 Å². The number of hydrogen-bond donors (Lipinski definition) is 0. The molecule has 0 amide bonds. The number of rotatable bonds is 2. The summed E-state index contributed by atoms with van der Waals surface area (Å²) in [6, 6.07) is 3.78. The van der Waals surface area contributed by atoms with Crippen molar-refractivity contribution < 1.29 is 9.53 Å². The summed E-state index contributed by atoms with van der Waals surface area (Å²) in [6.07, 6.45) is 4.71. The van der Waals surface area contributed by atoms with Crippen molar-refractivity contribution in [1.82, 2.24) is 4.98 Å². The van der Waals surface area contributed by atoms with Crippen LogP contribution in [0.3, 0.4) is 0 Å². The zero-order valence-corrected chi connectivity index (χ0v) is 7.65. The van der Waals surface area contributed by atoms with Gasteiger partial charge in [-0.15, -0.1) is 0 Å². The van der Waals surface area contributed by atoms with E-state index in [9.17, 15) is 4.79 Å². The van der Waals surface area contributed by atoms with Crippen molar-refractivity contribution in [1.29, 1.82) is 0 Å². The van der Waals surface area contributed by atoms with Gasteiger partial charge in [0.2, 0.25) is 0 Å². The molecule has 0 aliphatic carbocycles. The Balaban J connectivity index is 2.69. The highest BCUT2D eigenvalue weighted by molar-refractivity contribution is 5.86. The quantitative estimate of drug-likeness (QED) is 0.508. The minimum absolute atomic E-state index is 0.373. The molecule has 0 saturated heterocycles. The van der Waals surface area contributed by atoms with Gasteiger partial charge in [0, 0.05) is 12.3 Å². The lowest BCUT2D eigenvalue weighted by molar-refractivity contribution is -0.134. The van der Waals surface area contributed by atoms with Gasteiger partial charge in [-0.25, -0.2) is 4.79 Å². The van der Waals surface area contributed by atoms with E-state index in [4.69, 9.17) is 0 Å². The second-order valence-electron chi connectivity index (χ2n) is 2.62. The number of methoxy groups -OCH3 is 1. The molecule has 0 aliphatic rings. The number of aryl methyl sites for hydroxylation is 1. The van der Waals surface area contributed by atoms with Gasteiger partial charge in [0.25, 0.3) is 0 Å². The molecule has 0 bridgehead atoms. The maximum Gasteiger partial charge on any atom is 0.330 e. The lowest BCUT2D eigenvalue weighted by Gasteiger charge is -1.93. The minimum atomic E-state index is -0.373. The average molecular weight is 177 g/mol. The molecular weight excluding hydrogens is 166 g/mol. The van der Waals surface area contributed by atoms with Crippen LogP contribution >= 0.6 is 0 Å². The number of pyridine rings is 1. The standard InChI is InChI=1S/C10H11NO2/c1-8-3-4-9(11-7-8)5-6-10(12)13-2/h3-7H,1-2H3/b6-5+. The molecule has 0 atom stereocenters. The van der Waals surface area contributed by atoms with E-state index in [1.54, 1.807) is 12.3 Å². The molecular formula is C10H11NO2. The van der Waals surface area contributed by atoms with E-state index in [-0.39, 0.29) is 5.97 Å². The first-order chi connectivity index (χ1) is 6.22. The second-order valence-corrected chi connectivity index (χ2v) is 2.62. The molecule has 0 aliphatic heterocycles. The summed E-state index contributed by atoms with van der Waals surface area (Å²) in [5.41, 5.74) is 1.84. The van der Waals surface area contributed by atoms with Gasteiger partial charge in [0.15, 0.2) is 0 Å². The van der Waals surface area contributed by atoms with E-state index < -0.39 is 0 Å². The van der Waals surface area contributed by atoms with Crippen molar-refractivity contribution in [2.24, 2.45) is 0 Å². The number of aromatic nitrogens is 1. The van der Waals surface area contributed by atoms with Gasteiger partial charge in [-0.2, -0.15) is 0 Å². The van der Waals surface area contributed by atoms with Gasteiger partial charge in [0.05, 0.1) is 12.8 Å². The number of esters is 1. The van der Waals surface area contributed by atoms with Gasteiger partial charge in [-0.05, 0) is 24.6 Å². The lowest BCUT2D eigenvalue weighted by Crippen LogP contribution is -1.93. The summed E-state index contributed by atoms with van der Waals surface area (Å²) in [4.78, 5) is 14.8. The number of carbonyl (C=O) groups is 1. The summed E-state index contributed by atoms with van der Waals surface area (Å²) in [5, 5.41) is 0. The maximum absolute atomic E-state index is 10.7. The summed E-state index contributed by atoms with van der Waals surface area (Å²) < 4.78 is 4.44. The fraction of sp³-hybridized carbons (Fsp3) is 0.200. The zero-order valence-electron chi connectivity index (χ0n) is 7.65. The van der Waals surface area contributed by atoms with Crippen LogP contribution in [0.15, 0.2) is 24.4 Å². The molecule has 3 nitrogen and oxygen atoms in total. The van der Waals surface area contributed by atoms with Crippen LogP contribution in [0.5, 0.6) is 0 Å². The zero-order chi connectivity index (χ0) is 9.68. The van der Waals surface area contributed by atoms with Crippen LogP contribution in [-0.4, -0.2) is 18.1 Å². The van der Waals surface area contributed by atoms with E-state index in [0.29, 0.717) is 0 Å². The molecule has 0 aromatic carbocycles. The predicted octanol–water partition coefficient (Wildman–Crippen LogP) is 1.58. The molecule has 68 valence electrons. The molecule has 3 heteroatoms. The fourth-order valence-corrected chi connectivity index (χ4v) is 0.799. The summed E-state index contributed by atoms with van der Waals surface area (Å²) in [7, 11) is 1.34. The number of nitrogens with zero attached hydrogens (tertiary/aromatic N) is 1. The SMILES string of the molecule is COC(=O)/C=C/c1ccc(C)cn1. The maximum atomic E-state index is 10.7. The molecule has 1 aromatic rings. The van der Waals surface area contributed by atoms with Gasteiger partial charge in [0.1, 0.15) is 0 Å². The molecule has 0 spiro atoms. The van der Waals surface area contributed by atoms with Crippen molar-refractivity contribution in [2.45, 2.75) is 6.92 Å². The molecule has 0 fully saturated rings. The van der Waals surface area contributed by atoms with Crippen LogP contribution in [0, 0.1) is 6.92 Å². The Kier molecular flexibility index (Phi) is 3.20. The van der Waals surface area contributed by atoms with Crippen LogP contribution in [0.1, 0.15) is 11.3 Å². The molecule has 13 heavy (non-hydrogen) atoms. The predicted molar refractivity (Wildman–Crippen MR) is 50.0 cm³/mol. The van der Waals surface area contributed by atoms with Gasteiger partial charge < -0.3 is 4.74 Å². The Hall–Kier alpha value is -1.64. The van der Waals surface area contributed by atoms with Crippen LogP contribution in [0.2, 0.25) is 0 Å². The topological polar surface area (TPSA) is 39.2 Å². The van der Waals surface area contributed by atoms with Crippen LogP contribution in [-0.2, 0) is 9.53 Å². The van der Waals surface area contributed by atoms with Crippen molar-refractivity contribution in [3.63, 3.8) is 0 Å². The molecule has 0 N–H and O–H groups in total. The highest BCUT2D eigenvalue weighted by atomic mass is 16.5. The third-order valence-corrected chi connectivity index (χ3v) is 1.53. The van der Waals surface area contributed by atoms with Crippen LogP contribution in [0.4, 0.5) is 0 Å². The van der Waals surface area contributed by atoms with E-state index in [1.807, 2.05) is 19.1 Å². The number of ether oxygens (including phenoxy) is 1.